The molecule has 0 atom stereocenters. The van der Waals surface area contributed by atoms with Gasteiger partial charge in [-0.3, -0.25) is 10.1 Å². The summed E-state index contributed by atoms with van der Waals surface area (Å²) >= 11 is 1.29. The molecule has 3 aromatic rings. The normalized spacial score (nSPS) is 10.7. The molecule has 0 aliphatic heterocycles. The Kier molecular flexibility index (Phi) is 3.87. The van der Waals surface area contributed by atoms with Gasteiger partial charge in [-0.05, 0) is 38.1 Å². The van der Waals surface area contributed by atoms with E-state index in [1.54, 1.807) is 38.1 Å². The van der Waals surface area contributed by atoms with Crippen molar-refractivity contribution in [2.75, 3.05) is 12.4 Å². The van der Waals surface area contributed by atoms with E-state index in [-0.39, 0.29) is 5.91 Å². The molecule has 0 fully saturated rings. The molecule has 2 heterocycles. The lowest BCUT2D eigenvalue weighted by Gasteiger charge is -1.98. The number of fused-ring (bicyclic) bond motifs is 1. The van der Waals surface area contributed by atoms with Gasteiger partial charge in [0.1, 0.15) is 11.5 Å². The van der Waals surface area contributed by atoms with Crippen LogP contribution in [0, 0.1) is 13.8 Å². The first-order valence-electron chi connectivity index (χ1n) is 6.85. The number of carbonyl (C=O) groups excluding carboxylic acids is 2. The van der Waals surface area contributed by atoms with Gasteiger partial charge in [0.25, 0.3) is 5.91 Å². The fourth-order valence-corrected chi connectivity index (χ4v) is 3.14. The number of nitrogens with zero attached hydrogens (tertiary/aromatic N) is 1. The Morgan fingerprint density at radius 2 is 2.04 bits per heavy atom. The van der Waals surface area contributed by atoms with E-state index in [0.717, 1.165) is 4.70 Å². The number of benzene rings is 1. The second kappa shape index (κ2) is 5.85. The Labute approximate surface area is 136 Å². The first kappa shape index (κ1) is 15.2. The van der Waals surface area contributed by atoms with E-state index in [1.807, 2.05) is 0 Å². The molecule has 0 radical (unpaired) electrons. The standard InChI is InChI=1S/C16H14N2O4S/c1-8-6-11(9(2)22-8)14(19)18-16-17-12-5-4-10(15(20)21-3)7-13(12)23-16/h4-7H,1-3H3,(H,17,18,19). The molecule has 3 rings (SSSR count). The maximum atomic E-state index is 12.3. The van der Waals surface area contributed by atoms with Crippen molar-refractivity contribution in [2.24, 2.45) is 0 Å². The number of hydrogen-bond donors (Lipinski definition) is 1. The number of hydrogen-bond acceptors (Lipinski definition) is 6. The van der Waals surface area contributed by atoms with Gasteiger partial charge in [0.15, 0.2) is 5.13 Å². The van der Waals surface area contributed by atoms with Crippen LogP contribution < -0.4 is 5.32 Å². The van der Waals surface area contributed by atoms with Gasteiger partial charge < -0.3 is 9.15 Å². The van der Waals surface area contributed by atoms with Crippen molar-refractivity contribution >= 4 is 38.6 Å². The van der Waals surface area contributed by atoms with Crippen LogP contribution in [0.15, 0.2) is 28.7 Å². The summed E-state index contributed by atoms with van der Waals surface area (Å²) in [7, 11) is 1.33. The number of methoxy groups -OCH3 is 1. The predicted molar refractivity (Wildman–Crippen MR) is 87.1 cm³/mol. The Balaban J connectivity index is 1.87. The summed E-state index contributed by atoms with van der Waals surface area (Å²) in [5.41, 5.74) is 1.64. The number of aromatic nitrogens is 1. The molecule has 1 N–H and O–H groups in total. The Morgan fingerprint density at radius 3 is 2.70 bits per heavy atom. The van der Waals surface area contributed by atoms with Crippen LogP contribution in [0.5, 0.6) is 0 Å². The van der Waals surface area contributed by atoms with Crippen molar-refractivity contribution in [3.63, 3.8) is 0 Å². The number of furan rings is 1. The number of rotatable bonds is 3. The lowest BCUT2D eigenvalue weighted by molar-refractivity contribution is 0.0601. The van der Waals surface area contributed by atoms with Crippen LogP contribution in [0.3, 0.4) is 0 Å². The molecule has 2 aromatic heterocycles. The molecule has 1 aromatic carbocycles. The van der Waals surface area contributed by atoms with Crippen LogP contribution in [0.4, 0.5) is 5.13 Å². The molecule has 0 saturated heterocycles. The number of anilines is 1. The van der Waals surface area contributed by atoms with Gasteiger partial charge in [0, 0.05) is 0 Å². The van der Waals surface area contributed by atoms with E-state index < -0.39 is 5.97 Å². The van der Waals surface area contributed by atoms with Crippen LogP contribution in [0.2, 0.25) is 0 Å². The van der Waals surface area contributed by atoms with Crippen LogP contribution in [0.1, 0.15) is 32.2 Å². The zero-order valence-electron chi connectivity index (χ0n) is 12.8. The molecule has 7 heteroatoms. The van der Waals surface area contributed by atoms with E-state index >= 15 is 0 Å². The second-order valence-electron chi connectivity index (χ2n) is 4.97. The highest BCUT2D eigenvalue weighted by Gasteiger charge is 2.16. The number of nitrogens with one attached hydrogen (secondary N) is 1. The summed E-state index contributed by atoms with van der Waals surface area (Å²) < 4.78 is 10.8. The van der Waals surface area contributed by atoms with E-state index in [1.165, 1.54) is 18.4 Å². The molecular weight excluding hydrogens is 316 g/mol. The summed E-state index contributed by atoms with van der Waals surface area (Å²) in [5.74, 6) is 0.565. The zero-order chi connectivity index (χ0) is 16.6. The second-order valence-corrected chi connectivity index (χ2v) is 6.00. The van der Waals surface area contributed by atoms with Crippen LogP contribution in [0.25, 0.3) is 10.2 Å². The predicted octanol–water partition coefficient (Wildman–Crippen LogP) is 3.55. The molecule has 118 valence electrons. The van der Waals surface area contributed by atoms with Gasteiger partial charge in [0.2, 0.25) is 0 Å². The van der Waals surface area contributed by atoms with Gasteiger partial charge in [0.05, 0.1) is 28.5 Å². The molecule has 6 nitrogen and oxygen atoms in total. The van der Waals surface area contributed by atoms with E-state index in [9.17, 15) is 9.59 Å². The first-order chi connectivity index (χ1) is 11.0. The number of ether oxygens (including phenoxy) is 1. The number of aryl methyl sites for hydroxylation is 2. The summed E-state index contributed by atoms with van der Waals surface area (Å²) in [6.45, 7) is 3.53. The van der Waals surface area contributed by atoms with E-state index in [0.29, 0.717) is 33.3 Å². The van der Waals surface area contributed by atoms with Crippen LogP contribution >= 0.6 is 11.3 Å². The minimum absolute atomic E-state index is 0.272. The summed E-state index contributed by atoms with van der Waals surface area (Å²) in [6, 6.07) is 6.75. The van der Waals surface area contributed by atoms with Crippen LogP contribution in [-0.2, 0) is 4.74 Å². The Morgan fingerprint density at radius 1 is 1.26 bits per heavy atom. The smallest absolute Gasteiger partial charge is 0.337 e. The first-order valence-corrected chi connectivity index (χ1v) is 7.67. The molecule has 0 bridgehead atoms. The fourth-order valence-electron chi connectivity index (χ4n) is 2.24. The molecule has 0 aliphatic carbocycles. The van der Waals surface area contributed by atoms with E-state index in [2.05, 4.69) is 10.3 Å². The van der Waals surface area contributed by atoms with Crippen molar-refractivity contribution in [2.45, 2.75) is 13.8 Å². The fraction of sp³-hybridized carbons (Fsp3) is 0.188. The summed E-state index contributed by atoms with van der Waals surface area (Å²) in [5, 5.41) is 3.22. The minimum Gasteiger partial charge on any atom is -0.466 e. The highest BCUT2D eigenvalue weighted by Crippen LogP contribution is 2.28. The molecule has 1 amide bonds. The summed E-state index contributed by atoms with van der Waals surface area (Å²) in [6.07, 6.45) is 0. The highest BCUT2D eigenvalue weighted by molar-refractivity contribution is 7.22. The molecule has 0 saturated carbocycles. The summed E-state index contributed by atoms with van der Waals surface area (Å²) in [4.78, 5) is 28.2. The third-order valence-electron chi connectivity index (χ3n) is 3.32. The average Bonchev–Trinajstić information content (AvgIpc) is 3.07. The average molecular weight is 330 g/mol. The van der Waals surface area contributed by atoms with Gasteiger partial charge in [-0.25, -0.2) is 9.78 Å². The molecule has 0 spiro atoms. The SMILES string of the molecule is COC(=O)c1ccc2nc(NC(=O)c3cc(C)oc3C)sc2c1. The van der Waals surface area contributed by atoms with E-state index in [4.69, 9.17) is 9.15 Å². The number of carbonyl (C=O) groups is 2. The largest absolute Gasteiger partial charge is 0.466 e. The number of amides is 1. The van der Waals surface area contributed by atoms with Gasteiger partial charge in [-0.15, -0.1) is 0 Å². The maximum absolute atomic E-state index is 12.3. The molecule has 23 heavy (non-hydrogen) atoms. The lowest BCUT2D eigenvalue weighted by Crippen LogP contribution is -2.11. The van der Waals surface area contributed by atoms with Crippen molar-refractivity contribution in [1.82, 2.24) is 4.98 Å². The number of esters is 1. The lowest BCUT2D eigenvalue weighted by atomic mass is 10.2. The third-order valence-corrected chi connectivity index (χ3v) is 4.25. The topological polar surface area (TPSA) is 81.4 Å². The molecule has 0 unspecified atom stereocenters. The molecular formula is C16H14N2O4S. The maximum Gasteiger partial charge on any atom is 0.337 e. The zero-order valence-corrected chi connectivity index (χ0v) is 13.6. The van der Waals surface area contributed by atoms with Gasteiger partial charge >= 0.3 is 5.97 Å². The van der Waals surface area contributed by atoms with Crippen molar-refractivity contribution in [3.8, 4) is 0 Å². The van der Waals surface area contributed by atoms with Crippen LogP contribution in [-0.4, -0.2) is 24.0 Å². The number of thiazole rings is 1. The van der Waals surface area contributed by atoms with Crippen molar-refractivity contribution < 1.29 is 18.7 Å². The van der Waals surface area contributed by atoms with Gasteiger partial charge in [-0.1, -0.05) is 11.3 Å². The monoisotopic (exact) mass is 330 g/mol. The quantitative estimate of drug-likeness (QED) is 0.743. The van der Waals surface area contributed by atoms with Crippen molar-refractivity contribution in [3.05, 3.63) is 46.9 Å². The Hall–Kier alpha value is -2.67. The van der Waals surface area contributed by atoms with Gasteiger partial charge in [-0.2, -0.15) is 0 Å². The van der Waals surface area contributed by atoms with Crippen molar-refractivity contribution in [1.29, 1.82) is 0 Å². The minimum atomic E-state index is -0.407. The Bertz CT molecular complexity index is 910. The molecule has 0 aliphatic rings. The third kappa shape index (κ3) is 2.95. The highest BCUT2D eigenvalue weighted by atomic mass is 32.1.